The van der Waals surface area contributed by atoms with Crippen LogP contribution in [0.2, 0.25) is 0 Å². The largest absolute Gasteiger partial charge is 0.351 e. The third-order valence-corrected chi connectivity index (χ3v) is 5.44. The van der Waals surface area contributed by atoms with Crippen molar-refractivity contribution in [1.82, 2.24) is 15.2 Å². The maximum Gasteiger partial charge on any atom is 0.185 e. The highest BCUT2D eigenvalue weighted by Crippen LogP contribution is 2.28. The number of likely N-dealkylation sites (tertiary alicyclic amines) is 1. The molecule has 4 nitrogen and oxygen atoms in total. The topological polar surface area (TPSA) is 31.4 Å². The molecule has 20 heavy (non-hydrogen) atoms. The molecule has 1 unspecified atom stereocenters. The van der Waals surface area contributed by atoms with Gasteiger partial charge in [-0.05, 0) is 52.4 Å². The molecule has 0 aromatic carbocycles. The normalized spacial score (nSPS) is 19.2. The molecule has 0 aliphatic carbocycles. The summed E-state index contributed by atoms with van der Waals surface area (Å²) in [5.74, 6) is 0.815. The molecule has 0 amide bonds. The van der Waals surface area contributed by atoms with Crippen LogP contribution in [0, 0.1) is 5.92 Å². The average molecular weight is 296 g/mol. The van der Waals surface area contributed by atoms with Gasteiger partial charge >= 0.3 is 0 Å². The lowest BCUT2D eigenvalue weighted by Gasteiger charge is -2.31. The fraction of sp³-hybridized carbons (Fsp3) is 0.800. The van der Waals surface area contributed by atoms with E-state index in [1.807, 2.05) is 17.5 Å². The van der Waals surface area contributed by atoms with Crippen molar-refractivity contribution in [1.29, 1.82) is 0 Å². The third-order valence-electron chi connectivity index (χ3n) is 4.15. The Labute approximate surface area is 127 Å². The van der Waals surface area contributed by atoms with Gasteiger partial charge in [0.15, 0.2) is 5.13 Å². The van der Waals surface area contributed by atoms with Gasteiger partial charge in [0, 0.05) is 30.7 Å². The van der Waals surface area contributed by atoms with Gasteiger partial charge in [0.25, 0.3) is 0 Å². The van der Waals surface area contributed by atoms with Gasteiger partial charge in [-0.1, -0.05) is 6.92 Å². The van der Waals surface area contributed by atoms with Crippen molar-refractivity contribution in [2.45, 2.75) is 32.7 Å². The van der Waals surface area contributed by atoms with E-state index in [1.165, 1.54) is 30.8 Å². The quantitative estimate of drug-likeness (QED) is 0.874. The lowest BCUT2D eigenvalue weighted by atomic mass is 9.97. The summed E-state index contributed by atoms with van der Waals surface area (Å²) in [6, 6.07) is 0.406. The van der Waals surface area contributed by atoms with Crippen LogP contribution in [0.15, 0.2) is 6.20 Å². The van der Waals surface area contributed by atoms with Crippen LogP contribution in [0.1, 0.15) is 37.6 Å². The van der Waals surface area contributed by atoms with Gasteiger partial charge in [-0.2, -0.15) is 0 Å². The lowest BCUT2D eigenvalue weighted by molar-refractivity contribution is 0.222. The maximum absolute atomic E-state index is 4.59. The predicted octanol–water partition coefficient (Wildman–Crippen LogP) is 2.59. The first-order valence-electron chi connectivity index (χ1n) is 7.69. The molecule has 5 heteroatoms. The molecule has 1 atom stereocenters. The van der Waals surface area contributed by atoms with Crippen molar-refractivity contribution >= 4 is 16.5 Å². The number of hydrogen-bond acceptors (Lipinski definition) is 5. The Balaban J connectivity index is 1.87. The Hall–Kier alpha value is -0.650. The smallest absolute Gasteiger partial charge is 0.185 e. The number of nitrogens with zero attached hydrogens (tertiary/aromatic N) is 3. The second kappa shape index (κ2) is 7.38. The van der Waals surface area contributed by atoms with Crippen LogP contribution >= 0.6 is 11.3 Å². The molecule has 0 spiro atoms. The van der Waals surface area contributed by atoms with E-state index in [0.29, 0.717) is 6.04 Å². The molecule has 1 N–H and O–H groups in total. The van der Waals surface area contributed by atoms with Crippen LogP contribution in [0.3, 0.4) is 0 Å². The fourth-order valence-electron chi connectivity index (χ4n) is 2.77. The summed E-state index contributed by atoms with van der Waals surface area (Å²) < 4.78 is 0. The number of aromatic nitrogens is 1. The van der Waals surface area contributed by atoms with Gasteiger partial charge in [0.1, 0.15) is 0 Å². The fourth-order valence-corrected chi connectivity index (χ4v) is 3.68. The minimum atomic E-state index is 0.406. The number of piperidine rings is 1. The number of rotatable bonds is 6. The molecule has 1 aliphatic heterocycles. The van der Waals surface area contributed by atoms with Gasteiger partial charge < -0.3 is 15.1 Å². The number of thiazole rings is 1. The Kier molecular flexibility index (Phi) is 5.81. The average Bonchev–Trinajstić information content (AvgIpc) is 2.91. The van der Waals surface area contributed by atoms with Crippen molar-refractivity contribution in [2.75, 3.05) is 45.2 Å². The highest BCUT2D eigenvalue weighted by Gasteiger charge is 2.19. The van der Waals surface area contributed by atoms with Crippen LogP contribution in [-0.2, 0) is 0 Å². The van der Waals surface area contributed by atoms with Crippen LogP contribution in [0.4, 0.5) is 5.13 Å². The monoisotopic (exact) mass is 296 g/mol. The molecule has 1 aromatic rings. The SMILES string of the molecule is CCNC(C)c1cnc(N(C)CC2CCN(C)CC2)s1. The van der Waals surface area contributed by atoms with Crippen LogP contribution < -0.4 is 10.2 Å². The molecule has 0 bridgehead atoms. The highest BCUT2D eigenvalue weighted by molar-refractivity contribution is 7.15. The molecule has 2 heterocycles. The summed E-state index contributed by atoms with van der Waals surface area (Å²) in [6.45, 7) is 8.96. The first-order valence-corrected chi connectivity index (χ1v) is 8.50. The Morgan fingerprint density at radius 2 is 2.20 bits per heavy atom. The van der Waals surface area contributed by atoms with E-state index in [2.05, 4.69) is 48.0 Å². The van der Waals surface area contributed by atoms with Crippen molar-refractivity contribution in [3.63, 3.8) is 0 Å². The van der Waals surface area contributed by atoms with Crippen LogP contribution in [-0.4, -0.2) is 50.2 Å². The Morgan fingerprint density at radius 3 is 2.85 bits per heavy atom. The molecular formula is C15H28N4S. The minimum Gasteiger partial charge on any atom is -0.351 e. The Morgan fingerprint density at radius 1 is 1.50 bits per heavy atom. The van der Waals surface area contributed by atoms with Gasteiger partial charge in [-0.3, -0.25) is 0 Å². The summed E-state index contributed by atoms with van der Waals surface area (Å²) in [5, 5.41) is 4.60. The zero-order valence-corrected chi connectivity index (χ0v) is 14.0. The zero-order chi connectivity index (χ0) is 14.5. The van der Waals surface area contributed by atoms with Gasteiger partial charge in [-0.15, -0.1) is 11.3 Å². The van der Waals surface area contributed by atoms with E-state index >= 15 is 0 Å². The maximum atomic E-state index is 4.59. The minimum absolute atomic E-state index is 0.406. The van der Waals surface area contributed by atoms with Gasteiger partial charge in [0.05, 0.1) is 0 Å². The van der Waals surface area contributed by atoms with Crippen molar-refractivity contribution in [3.05, 3.63) is 11.1 Å². The molecule has 0 saturated carbocycles. The summed E-state index contributed by atoms with van der Waals surface area (Å²) in [7, 11) is 4.40. The lowest BCUT2D eigenvalue weighted by Crippen LogP contribution is -2.35. The van der Waals surface area contributed by atoms with E-state index in [1.54, 1.807) is 0 Å². The molecule has 1 fully saturated rings. The molecule has 1 aliphatic rings. The van der Waals surface area contributed by atoms with Crippen molar-refractivity contribution in [2.24, 2.45) is 5.92 Å². The molecule has 1 saturated heterocycles. The predicted molar refractivity (Wildman–Crippen MR) is 87.7 cm³/mol. The second-order valence-corrected chi connectivity index (χ2v) is 6.99. The van der Waals surface area contributed by atoms with E-state index in [-0.39, 0.29) is 0 Å². The summed E-state index contributed by atoms with van der Waals surface area (Å²) in [4.78, 5) is 10.7. The van der Waals surface area contributed by atoms with Crippen molar-refractivity contribution in [3.8, 4) is 0 Å². The summed E-state index contributed by atoms with van der Waals surface area (Å²) in [6.07, 6.45) is 4.65. The molecule has 114 valence electrons. The van der Waals surface area contributed by atoms with Crippen LogP contribution in [0.5, 0.6) is 0 Å². The standard InChI is InChI=1S/C15H28N4S/c1-5-16-12(2)14-10-17-15(20-14)19(4)11-13-6-8-18(3)9-7-13/h10,12-13,16H,5-9,11H2,1-4H3. The van der Waals surface area contributed by atoms with Gasteiger partial charge in [-0.25, -0.2) is 4.98 Å². The second-order valence-electron chi connectivity index (χ2n) is 5.95. The first-order chi connectivity index (χ1) is 9.60. The number of anilines is 1. The van der Waals surface area contributed by atoms with E-state index < -0.39 is 0 Å². The number of hydrogen-bond donors (Lipinski definition) is 1. The Bertz CT molecular complexity index is 398. The molecule has 1 aromatic heterocycles. The molecule has 2 rings (SSSR count). The number of nitrogens with one attached hydrogen (secondary N) is 1. The zero-order valence-electron chi connectivity index (χ0n) is 13.2. The van der Waals surface area contributed by atoms with E-state index in [4.69, 9.17) is 0 Å². The van der Waals surface area contributed by atoms with Crippen molar-refractivity contribution < 1.29 is 0 Å². The molecular weight excluding hydrogens is 268 g/mol. The highest BCUT2D eigenvalue weighted by atomic mass is 32.1. The summed E-state index contributed by atoms with van der Waals surface area (Å²) >= 11 is 1.82. The van der Waals surface area contributed by atoms with E-state index in [9.17, 15) is 0 Å². The third kappa shape index (κ3) is 4.17. The van der Waals surface area contributed by atoms with E-state index in [0.717, 1.165) is 24.1 Å². The molecule has 0 radical (unpaired) electrons. The van der Waals surface area contributed by atoms with Gasteiger partial charge in [0.2, 0.25) is 0 Å². The van der Waals surface area contributed by atoms with Crippen LogP contribution in [0.25, 0.3) is 0 Å². The summed E-state index contributed by atoms with van der Waals surface area (Å²) in [5.41, 5.74) is 0. The first kappa shape index (κ1) is 15.7.